The van der Waals surface area contributed by atoms with Crippen LogP contribution in [-0.2, 0) is 24.8 Å². The Morgan fingerprint density at radius 1 is 1.04 bits per heavy atom. The number of hydrogen-bond acceptors (Lipinski definition) is 6. The zero-order valence-corrected chi connectivity index (χ0v) is 24.5. The molecule has 2 aromatic carbocycles. The van der Waals surface area contributed by atoms with Crippen molar-refractivity contribution in [1.82, 2.24) is 29.5 Å². The number of carboxylic acid groups (broad SMARTS) is 1. The molecule has 0 spiro atoms. The number of fused-ring (bicyclic) bond motifs is 1. The second kappa shape index (κ2) is 12.7. The molecule has 4 aromatic rings. The van der Waals surface area contributed by atoms with Crippen LogP contribution in [0.1, 0.15) is 36.3 Å². The molecular weight excluding hydrogens is 593 g/mol. The monoisotopic (exact) mass is 626 g/mol. The quantitative estimate of drug-likeness (QED) is 0.257. The van der Waals surface area contributed by atoms with Crippen molar-refractivity contribution >= 4 is 23.0 Å². The molecule has 0 saturated carbocycles. The van der Waals surface area contributed by atoms with Crippen molar-refractivity contribution in [3.63, 3.8) is 0 Å². The number of piperidine rings is 1. The van der Waals surface area contributed by atoms with E-state index in [0.717, 1.165) is 11.1 Å². The van der Waals surface area contributed by atoms with Crippen LogP contribution in [0.2, 0.25) is 0 Å². The number of nitrogens with zero attached hydrogens (tertiary/aromatic N) is 5. The third-order valence-electron chi connectivity index (χ3n) is 8.22. The zero-order valence-electron chi connectivity index (χ0n) is 24.5. The minimum Gasteiger partial charge on any atom is -0.465 e. The number of nitrogens with one attached hydrogen (secondary N) is 1. The Kier molecular flexibility index (Phi) is 8.96. The predicted molar refractivity (Wildman–Crippen MR) is 159 cm³/mol. The fraction of sp³-hybridized carbons (Fsp3) is 0.387. The van der Waals surface area contributed by atoms with E-state index in [1.54, 1.807) is 17.8 Å². The molecule has 0 bridgehead atoms. The number of benzene rings is 2. The van der Waals surface area contributed by atoms with E-state index in [-0.39, 0.29) is 50.1 Å². The molecule has 1 aliphatic rings. The number of carbonyl (C=O) groups excluding carboxylic acids is 1. The summed E-state index contributed by atoms with van der Waals surface area (Å²) in [5.74, 6) is -2.57. The van der Waals surface area contributed by atoms with Gasteiger partial charge in [0.05, 0.1) is 30.1 Å². The third kappa shape index (κ3) is 7.17. The summed E-state index contributed by atoms with van der Waals surface area (Å²) in [4.78, 5) is 42.8. The van der Waals surface area contributed by atoms with Gasteiger partial charge in [-0.05, 0) is 30.4 Å². The van der Waals surface area contributed by atoms with Gasteiger partial charge in [0, 0.05) is 38.7 Å². The number of alkyl halides is 3. The number of aliphatic hydroxyl groups is 1. The second-order valence-corrected chi connectivity index (χ2v) is 11.3. The van der Waals surface area contributed by atoms with Crippen LogP contribution in [0, 0.1) is 0 Å². The Morgan fingerprint density at radius 3 is 2.33 bits per heavy atom. The van der Waals surface area contributed by atoms with Crippen molar-refractivity contribution in [3.8, 4) is 11.3 Å². The van der Waals surface area contributed by atoms with E-state index in [9.17, 15) is 32.7 Å². The van der Waals surface area contributed by atoms with Crippen LogP contribution in [-0.4, -0.2) is 77.9 Å². The summed E-state index contributed by atoms with van der Waals surface area (Å²) in [5, 5.41) is 26.7. The predicted octanol–water partition coefficient (Wildman–Crippen LogP) is 3.70. The van der Waals surface area contributed by atoms with Gasteiger partial charge in [0.15, 0.2) is 5.52 Å². The van der Waals surface area contributed by atoms with Crippen LogP contribution < -0.4 is 10.9 Å². The maximum atomic E-state index is 13.8. The molecule has 0 radical (unpaired) electrons. The molecule has 238 valence electrons. The lowest BCUT2D eigenvalue weighted by atomic mass is 9.90. The zero-order chi connectivity index (χ0) is 32.4. The summed E-state index contributed by atoms with van der Waals surface area (Å²) in [6.07, 6.45) is -4.40. The number of carbonyl (C=O) groups is 2. The van der Waals surface area contributed by atoms with Gasteiger partial charge in [0.1, 0.15) is 5.52 Å². The molecule has 3 N–H and O–H groups in total. The van der Waals surface area contributed by atoms with Crippen LogP contribution in [0.3, 0.4) is 0 Å². The molecule has 2 amide bonds. The first kappa shape index (κ1) is 31.7. The first-order valence-corrected chi connectivity index (χ1v) is 14.4. The number of likely N-dealkylation sites (tertiary alicyclic amines) is 1. The number of hydrogen-bond donors (Lipinski definition) is 3. The minimum absolute atomic E-state index is 0.0226. The van der Waals surface area contributed by atoms with Gasteiger partial charge in [0.25, 0.3) is 5.56 Å². The van der Waals surface area contributed by atoms with E-state index in [1.807, 2.05) is 24.3 Å². The highest BCUT2D eigenvalue weighted by Crippen LogP contribution is 2.38. The topological polar surface area (TPSA) is 143 Å². The van der Waals surface area contributed by atoms with Gasteiger partial charge in [-0.1, -0.05) is 54.6 Å². The second-order valence-electron chi connectivity index (χ2n) is 11.3. The lowest BCUT2D eigenvalue weighted by Gasteiger charge is -2.39. The molecular formula is C31H33F3N6O5. The van der Waals surface area contributed by atoms with Crippen molar-refractivity contribution in [2.24, 2.45) is 7.05 Å². The molecule has 1 aliphatic heterocycles. The molecule has 1 unspecified atom stereocenters. The maximum absolute atomic E-state index is 13.8. The van der Waals surface area contributed by atoms with Gasteiger partial charge in [-0.25, -0.2) is 9.78 Å². The average molecular weight is 627 g/mol. The lowest BCUT2D eigenvalue weighted by molar-refractivity contribution is -0.162. The fourth-order valence-corrected chi connectivity index (χ4v) is 5.73. The largest absolute Gasteiger partial charge is 0.465 e. The first-order valence-electron chi connectivity index (χ1n) is 14.4. The van der Waals surface area contributed by atoms with E-state index in [4.69, 9.17) is 5.11 Å². The summed E-state index contributed by atoms with van der Waals surface area (Å²) in [7, 11) is 1.69. The lowest BCUT2D eigenvalue weighted by Crippen LogP contribution is -2.50. The van der Waals surface area contributed by atoms with Crippen LogP contribution in [0.4, 0.5) is 18.0 Å². The van der Waals surface area contributed by atoms with Crippen molar-refractivity contribution in [1.29, 1.82) is 0 Å². The smallest absolute Gasteiger partial charge is 0.404 e. The Hall–Kier alpha value is -4.72. The minimum atomic E-state index is -4.59. The fourth-order valence-electron chi connectivity index (χ4n) is 5.73. The third-order valence-corrected chi connectivity index (χ3v) is 8.22. The highest BCUT2D eigenvalue weighted by Gasteiger charge is 2.43. The molecule has 1 atom stereocenters. The highest BCUT2D eigenvalue weighted by molar-refractivity contribution is 5.89. The first-order chi connectivity index (χ1) is 21.3. The molecule has 0 aliphatic carbocycles. The van der Waals surface area contributed by atoms with Gasteiger partial charge in [-0.15, -0.1) is 0 Å². The Bertz CT molecular complexity index is 1730. The molecule has 1 saturated heterocycles. The van der Waals surface area contributed by atoms with Gasteiger partial charge in [-0.2, -0.15) is 18.3 Å². The van der Waals surface area contributed by atoms with E-state index >= 15 is 0 Å². The van der Waals surface area contributed by atoms with Crippen LogP contribution >= 0.6 is 0 Å². The van der Waals surface area contributed by atoms with Gasteiger partial charge in [0.2, 0.25) is 5.91 Å². The summed E-state index contributed by atoms with van der Waals surface area (Å²) in [6, 6.07) is 14.7. The molecule has 1 fully saturated rings. The summed E-state index contributed by atoms with van der Waals surface area (Å²) < 4.78 is 44.1. The van der Waals surface area contributed by atoms with Gasteiger partial charge < -0.3 is 20.4 Å². The normalized spacial score (nSPS) is 15.6. The SMILES string of the molecule is Cn1nc2c(=O)n(CC3(O)CCN(C(=O)CC(c4ccccc4)C(F)(F)F)CC3)cnc2c1-c1ccc(CCNC(=O)O)cc1. The van der Waals surface area contributed by atoms with E-state index in [0.29, 0.717) is 17.6 Å². The molecule has 45 heavy (non-hydrogen) atoms. The van der Waals surface area contributed by atoms with E-state index in [1.165, 1.54) is 40.1 Å². The molecule has 2 aromatic heterocycles. The standard InChI is InChI=1S/C31H33F3N6O5/c1-38-27(22-9-7-20(8-10-22)11-14-35-29(43)44)25-26(37-38)28(42)40(19-36-25)18-30(45)12-15-39(16-13-30)24(41)17-23(31(32,33)34)21-5-3-2-4-6-21/h2-10,19,23,35,45H,11-18H2,1H3,(H,43,44). The van der Waals surface area contributed by atoms with Crippen LogP contribution in [0.15, 0.2) is 65.7 Å². The number of halogens is 3. The van der Waals surface area contributed by atoms with Crippen LogP contribution in [0.5, 0.6) is 0 Å². The van der Waals surface area contributed by atoms with Crippen LogP contribution in [0.25, 0.3) is 22.3 Å². The Labute approximate surface area is 255 Å². The molecule has 5 rings (SSSR count). The average Bonchev–Trinajstić information content (AvgIpc) is 3.34. The van der Waals surface area contributed by atoms with Crippen molar-refractivity contribution in [3.05, 3.63) is 82.4 Å². The van der Waals surface area contributed by atoms with Gasteiger partial charge >= 0.3 is 12.3 Å². The van der Waals surface area contributed by atoms with E-state index < -0.39 is 41.7 Å². The van der Waals surface area contributed by atoms with Crippen molar-refractivity contribution in [2.45, 2.75) is 49.9 Å². The number of aryl methyl sites for hydroxylation is 1. The Balaban J connectivity index is 1.26. The molecule has 3 heterocycles. The van der Waals surface area contributed by atoms with Gasteiger partial charge in [-0.3, -0.25) is 18.8 Å². The summed E-state index contributed by atoms with van der Waals surface area (Å²) >= 11 is 0. The number of aromatic nitrogens is 4. The number of amides is 2. The Morgan fingerprint density at radius 2 is 1.71 bits per heavy atom. The van der Waals surface area contributed by atoms with Crippen molar-refractivity contribution in [2.75, 3.05) is 19.6 Å². The highest BCUT2D eigenvalue weighted by atomic mass is 19.4. The molecule has 14 heteroatoms. The maximum Gasteiger partial charge on any atom is 0.404 e. The van der Waals surface area contributed by atoms with Crippen molar-refractivity contribution < 1.29 is 33.0 Å². The number of rotatable bonds is 9. The summed E-state index contributed by atoms with van der Waals surface area (Å²) in [5.41, 5.74) is 0.978. The van der Waals surface area contributed by atoms with E-state index in [2.05, 4.69) is 15.4 Å². The summed E-state index contributed by atoms with van der Waals surface area (Å²) in [6.45, 7) is 0.263. The molecule has 11 nitrogen and oxygen atoms in total.